The van der Waals surface area contributed by atoms with Crippen LogP contribution in [0.15, 0.2) is 34.5 Å². The van der Waals surface area contributed by atoms with Crippen molar-refractivity contribution in [1.82, 2.24) is 0 Å². The van der Waals surface area contributed by atoms with Gasteiger partial charge in [-0.15, -0.1) is 0 Å². The molecule has 2 nitrogen and oxygen atoms in total. The number of hydrogen-bond donors (Lipinski definition) is 0. The topological polar surface area (TPSA) is 18.5 Å². The van der Waals surface area contributed by atoms with Crippen LogP contribution in [0.5, 0.6) is 5.75 Å². The van der Waals surface area contributed by atoms with Gasteiger partial charge in [0.25, 0.3) is 0 Å². The van der Waals surface area contributed by atoms with Crippen molar-refractivity contribution in [3.63, 3.8) is 0 Å². The van der Waals surface area contributed by atoms with Gasteiger partial charge in [-0.2, -0.15) is 0 Å². The van der Waals surface area contributed by atoms with Crippen LogP contribution >= 0.6 is 18.7 Å². The molecular formula is C11H13IO2Te. The average molecular weight is 432 g/mol. The zero-order valence-electron chi connectivity index (χ0n) is 8.48. The molecule has 1 unspecified atom stereocenters. The van der Waals surface area contributed by atoms with E-state index in [1.165, 1.54) is 3.61 Å². The Hall–Kier alpha value is 0.240. The van der Waals surface area contributed by atoms with E-state index in [1.807, 2.05) is 19.1 Å². The molecule has 15 heavy (non-hydrogen) atoms. The first-order valence-corrected chi connectivity index (χ1v) is 15.1. The van der Waals surface area contributed by atoms with E-state index < -0.39 is 14.6 Å². The van der Waals surface area contributed by atoms with Crippen molar-refractivity contribution in [3.8, 4) is 5.75 Å². The van der Waals surface area contributed by atoms with E-state index in [0.717, 1.165) is 12.4 Å². The van der Waals surface area contributed by atoms with Crippen LogP contribution in [0, 0.1) is 0 Å². The second-order valence-electron chi connectivity index (χ2n) is 3.09. The molecule has 0 N–H and O–H groups in total. The Balaban J connectivity index is 2.19. The van der Waals surface area contributed by atoms with Crippen molar-refractivity contribution in [2.75, 3.05) is 13.2 Å². The van der Waals surface area contributed by atoms with E-state index in [0.29, 0.717) is 6.61 Å². The first kappa shape index (κ1) is 11.7. The fourth-order valence-corrected chi connectivity index (χ4v) is 9.95. The number of benzene rings is 1. The predicted molar refractivity (Wildman–Crippen MR) is 72.1 cm³/mol. The van der Waals surface area contributed by atoms with Gasteiger partial charge in [-0.1, -0.05) is 0 Å². The second-order valence-corrected chi connectivity index (χ2v) is 17.7. The summed E-state index contributed by atoms with van der Waals surface area (Å²) in [5.74, 6) is 0.936. The van der Waals surface area contributed by atoms with E-state index in [4.69, 9.17) is 7.84 Å². The Bertz CT molecular complexity index is 363. The van der Waals surface area contributed by atoms with Gasteiger partial charge in [0, 0.05) is 0 Å². The summed E-state index contributed by atoms with van der Waals surface area (Å²) >= 11 is 0.183. The third-order valence-electron chi connectivity index (χ3n) is 2.06. The molecule has 1 aromatic rings. The van der Waals surface area contributed by atoms with E-state index in [-0.39, 0.29) is 0 Å². The van der Waals surface area contributed by atoms with Gasteiger partial charge in [0.05, 0.1) is 0 Å². The summed E-state index contributed by atoms with van der Waals surface area (Å²) in [7, 11) is 0. The van der Waals surface area contributed by atoms with Crippen LogP contribution in [0.3, 0.4) is 0 Å². The first-order chi connectivity index (χ1) is 7.24. The summed E-state index contributed by atoms with van der Waals surface area (Å²) in [5, 5.41) is 0. The molecule has 0 saturated heterocycles. The molecular weight excluding hydrogens is 419 g/mol. The van der Waals surface area contributed by atoms with Crippen molar-refractivity contribution in [1.29, 1.82) is 0 Å². The van der Waals surface area contributed by atoms with Crippen LogP contribution < -0.4 is 8.35 Å². The summed E-state index contributed by atoms with van der Waals surface area (Å²) in [4.78, 5) is 0. The van der Waals surface area contributed by atoms with Crippen LogP contribution in [-0.4, -0.2) is 27.9 Å². The Morgan fingerprint density at radius 2 is 2.13 bits per heavy atom. The van der Waals surface area contributed by atoms with Crippen molar-refractivity contribution in [3.05, 3.63) is 34.5 Å². The van der Waals surface area contributed by atoms with Gasteiger partial charge in [-0.3, -0.25) is 0 Å². The van der Waals surface area contributed by atoms with Crippen LogP contribution in [0.4, 0.5) is 0 Å². The van der Waals surface area contributed by atoms with Crippen LogP contribution in [0.2, 0.25) is 0 Å². The Kier molecular flexibility index (Phi) is 3.94. The van der Waals surface area contributed by atoms with Crippen LogP contribution in [0.1, 0.15) is 6.92 Å². The summed E-state index contributed by atoms with van der Waals surface area (Å²) in [5.41, 5.74) is 0. The predicted octanol–water partition coefficient (Wildman–Crippen LogP) is 2.30. The second kappa shape index (κ2) is 5.05. The monoisotopic (exact) mass is 434 g/mol. The molecule has 2 rings (SSSR count). The van der Waals surface area contributed by atoms with Crippen LogP contribution in [0.25, 0.3) is 0 Å². The summed E-state index contributed by atoms with van der Waals surface area (Å²) < 4.78 is 14.9. The molecule has 0 spiro atoms. The van der Waals surface area contributed by atoms with E-state index in [1.54, 1.807) is 0 Å². The fraction of sp³-hybridized carbons (Fsp3) is 0.273. The average Bonchev–Trinajstić information content (AvgIpc) is 2.68. The Labute approximate surface area is 104 Å². The van der Waals surface area contributed by atoms with Crippen molar-refractivity contribution in [2.45, 2.75) is 6.92 Å². The van der Waals surface area contributed by atoms with Gasteiger partial charge in [-0.25, -0.2) is 0 Å². The van der Waals surface area contributed by atoms with Gasteiger partial charge >= 0.3 is 105 Å². The molecule has 4 heteroatoms. The van der Waals surface area contributed by atoms with Crippen molar-refractivity contribution < 1.29 is 7.84 Å². The molecule has 0 bridgehead atoms. The zero-order valence-corrected chi connectivity index (χ0v) is 13.0. The van der Waals surface area contributed by atoms with E-state index in [2.05, 4.69) is 41.0 Å². The van der Waals surface area contributed by atoms with Gasteiger partial charge < -0.3 is 0 Å². The SMILES string of the molecule is CCOc1ccc([Te]2(I)C=CCO2)cc1. The minimum absolute atomic E-state index is 0.715. The Morgan fingerprint density at radius 3 is 2.67 bits per heavy atom. The Morgan fingerprint density at radius 1 is 1.40 bits per heavy atom. The third kappa shape index (κ3) is 2.67. The molecule has 0 fully saturated rings. The first-order valence-electron chi connectivity index (χ1n) is 4.81. The number of rotatable bonds is 3. The van der Waals surface area contributed by atoms with Crippen molar-refractivity contribution in [2.24, 2.45) is 0 Å². The molecule has 1 heterocycles. The zero-order chi connectivity index (χ0) is 10.7. The molecule has 1 aromatic carbocycles. The van der Waals surface area contributed by atoms with Gasteiger partial charge in [-0.05, 0) is 0 Å². The standard InChI is InChI=1S/C11H13IO2Te/c1-2-13-10-4-6-11(7-5-10)15(12)9-3-8-14-15/h3-7,9H,2,8H2,1H3. The maximum atomic E-state index is 5.85. The normalized spacial score (nSPS) is 28.7. The third-order valence-corrected chi connectivity index (χ3v) is 14.7. The fourth-order valence-electron chi connectivity index (χ4n) is 1.38. The maximum absolute atomic E-state index is 5.85. The van der Waals surface area contributed by atoms with Crippen molar-refractivity contribution >= 4 is 37.0 Å². The molecule has 0 radical (unpaired) electrons. The van der Waals surface area contributed by atoms with Gasteiger partial charge in [0.1, 0.15) is 0 Å². The molecule has 0 aromatic heterocycles. The number of hydrogen-bond acceptors (Lipinski definition) is 2. The minimum atomic E-state index is -2.32. The molecule has 0 aliphatic carbocycles. The molecule has 0 saturated carbocycles. The summed E-state index contributed by atoms with van der Waals surface area (Å²) in [6.45, 7) is 3.48. The van der Waals surface area contributed by atoms with E-state index in [9.17, 15) is 0 Å². The molecule has 1 atom stereocenters. The molecule has 1 aliphatic heterocycles. The quantitative estimate of drug-likeness (QED) is 0.540. The molecule has 1 aliphatic rings. The van der Waals surface area contributed by atoms with Gasteiger partial charge in [0.15, 0.2) is 0 Å². The number of halogens is 1. The molecule has 82 valence electrons. The molecule has 0 amide bonds. The summed E-state index contributed by atoms with van der Waals surface area (Å²) in [6.07, 6.45) is 2.13. The summed E-state index contributed by atoms with van der Waals surface area (Å²) in [6, 6.07) is 8.32. The van der Waals surface area contributed by atoms with Crippen LogP contribution in [-0.2, 0) is 3.10 Å². The number of ether oxygens (including phenoxy) is 1. The van der Waals surface area contributed by atoms with Gasteiger partial charge in [0.2, 0.25) is 0 Å². The van der Waals surface area contributed by atoms with E-state index >= 15 is 0 Å².